The maximum absolute atomic E-state index is 11.9. The van der Waals surface area contributed by atoms with Gasteiger partial charge in [0.1, 0.15) is 0 Å². The predicted molar refractivity (Wildman–Crippen MR) is 83.9 cm³/mol. The summed E-state index contributed by atoms with van der Waals surface area (Å²) in [5, 5.41) is 0. The van der Waals surface area contributed by atoms with Crippen LogP contribution in [-0.4, -0.2) is 36.5 Å². The average Bonchev–Trinajstić information content (AvgIpc) is 2.84. The molecule has 0 aromatic rings. The lowest BCUT2D eigenvalue weighted by molar-refractivity contribution is -0.148. The van der Waals surface area contributed by atoms with E-state index < -0.39 is 0 Å². The number of ether oxygens (including phenoxy) is 1. The summed E-state index contributed by atoms with van der Waals surface area (Å²) in [5.41, 5.74) is 0. The smallest absolute Gasteiger partial charge is 0.311 e. The molecular formula is C17H31NO3. The number of hydrogen-bond donors (Lipinski definition) is 0. The Morgan fingerprint density at radius 2 is 1.76 bits per heavy atom. The van der Waals surface area contributed by atoms with Gasteiger partial charge < -0.3 is 9.64 Å². The monoisotopic (exact) mass is 297 g/mol. The number of carbonyl (C=O) groups excluding carboxylic acids is 2. The SMILES string of the molecule is CCCCCCCCN1CC(C(=O)OCCCC)CC1=O. The van der Waals surface area contributed by atoms with Crippen molar-refractivity contribution >= 4 is 11.9 Å². The summed E-state index contributed by atoms with van der Waals surface area (Å²) in [6.07, 6.45) is 9.56. The fourth-order valence-corrected chi connectivity index (χ4v) is 2.66. The largest absolute Gasteiger partial charge is 0.465 e. The first-order chi connectivity index (χ1) is 10.2. The minimum absolute atomic E-state index is 0.112. The van der Waals surface area contributed by atoms with Crippen LogP contribution >= 0.6 is 0 Å². The minimum Gasteiger partial charge on any atom is -0.465 e. The molecule has 1 fully saturated rings. The quantitative estimate of drug-likeness (QED) is 0.433. The molecule has 1 atom stereocenters. The Labute approximate surface area is 129 Å². The molecule has 1 heterocycles. The van der Waals surface area contributed by atoms with Crippen molar-refractivity contribution in [3.8, 4) is 0 Å². The van der Waals surface area contributed by atoms with Crippen molar-refractivity contribution in [1.82, 2.24) is 4.90 Å². The Morgan fingerprint density at radius 1 is 1.10 bits per heavy atom. The molecule has 122 valence electrons. The van der Waals surface area contributed by atoms with Gasteiger partial charge in [0.05, 0.1) is 12.5 Å². The van der Waals surface area contributed by atoms with Crippen LogP contribution in [0.15, 0.2) is 0 Å². The van der Waals surface area contributed by atoms with Crippen LogP contribution in [0, 0.1) is 5.92 Å². The minimum atomic E-state index is -0.241. The van der Waals surface area contributed by atoms with Gasteiger partial charge in [-0.1, -0.05) is 52.4 Å². The van der Waals surface area contributed by atoms with E-state index in [2.05, 4.69) is 13.8 Å². The Hall–Kier alpha value is -1.06. The second-order valence-corrected chi connectivity index (χ2v) is 6.03. The number of esters is 1. The summed E-state index contributed by atoms with van der Waals surface area (Å²) in [4.78, 5) is 25.6. The molecule has 0 aromatic carbocycles. The third-order valence-corrected chi connectivity index (χ3v) is 4.07. The van der Waals surface area contributed by atoms with Gasteiger partial charge in [-0.15, -0.1) is 0 Å². The maximum atomic E-state index is 11.9. The second-order valence-electron chi connectivity index (χ2n) is 6.03. The van der Waals surface area contributed by atoms with Crippen molar-refractivity contribution in [3.05, 3.63) is 0 Å². The molecule has 0 bridgehead atoms. The van der Waals surface area contributed by atoms with Crippen molar-refractivity contribution in [2.24, 2.45) is 5.92 Å². The maximum Gasteiger partial charge on any atom is 0.311 e. The van der Waals surface area contributed by atoms with Crippen LogP contribution in [0.2, 0.25) is 0 Å². The van der Waals surface area contributed by atoms with Crippen molar-refractivity contribution < 1.29 is 14.3 Å². The van der Waals surface area contributed by atoms with Gasteiger partial charge in [-0.2, -0.15) is 0 Å². The summed E-state index contributed by atoms with van der Waals surface area (Å²) >= 11 is 0. The van der Waals surface area contributed by atoms with Gasteiger partial charge in [0.2, 0.25) is 5.91 Å². The molecule has 4 nitrogen and oxygen atoms in total. The van der Waals surface area contributed by atoms with Crippen molar-refractivity contribution in [1.29, 1.82) is 0 Å². The van der Waals surface area contributed by atoms with Gasteiger partial charge in [0, 0.05) is 19.5 Å². The standard InChI is InChI=1S/C17H31NO3/c1-3-5-7-8-9-10-11-18-14-15(13-16(18)19)17(20)21-12-6-4-2/h15H,3-14H2,1-2H3. The van der Waals surface area contributed by atoms with E-state index in [9.17, 15) is 9.59 Å². The van der Waals surface area contributed by atoms with Crippen LogP contribution in [0.1, 0.15) is 71.6 Å². The molecular weight excluding hydrogens is 266 g/mol. The molecule has 4 heteroatoms. The van der Waals surface area contributed by atoms with Gasteiger partial charge in [-0.25, -0.2) is 0 Å². The number of unbranched alkanes of at least 4 members (excludes halogenated alkanes) is 6. The van der Waals surface area contributed by atoms with Crippen LogP contribution in [0.5, 0.6) is 0 Å². The first kappa shape index (κ1) is 18.0. The lowest BCUT2D eigenvalue weighted by atomic mass is 10.1. The lowest BCUT2D eigenvalue weighted by Crippen LogP contribution is -2.27. The van der Waals surface area contributed by atoms with Gasteiger partial charge in [-0.3, -0.25) is 9.59 Å². The highest BCUT2D eigenvalue weighted by Gasteiger charge is 2.34. The van der Waals surface area contributed by atoms with Gasteiger partial charge in [0.15, 0.2) is 0 Å². The van der Waals surface area contributed by atoms with E-state index in [0.717, 1.165) is 25.8 Å². The Bertz CT molecular complexity index is 317. The summed E-state index contributed by atoms with van der Waals surface area (Å²) in [6.45, 7) is 6.11. The van der Waals surface area contributed by atoms with Crippen molar-refractivity contribution in [3.63, 3.8) is 0 Å². The Kier molecular flexibility index (Phi) is 9.11. The fourth-order valence-electron chi connectivity index (χ4n) is 2.66. The van der Waals surface area contributed by atoms with Crippen molar-refractivity contribution in [2.75, 3.05) is 19.7 Å². The Morgan fingerprint density at radius 3 is 2.48 bits per heavy atom. The Balaban J connectivity index is 2.17. The summed E-state index contributed by atoms with van der Waals surface area (Å²) < 4.78 is 5.22. The number of rotatable bonds is 11. The van der Waals surface area contributed by atoms with E-state index >= 15 is 0 Å². The number of likely N-dealkylation sites (tertiary alicyclic amines) is 1. The normalized spacial score (nSPS) is 18.3. The number of amides is 1. The highest BCUT2D eigenvalue weighted by atomic mass is 16.5. The molecule has 0 spiro atoms. The summed E-state index contributed by atoms with van der Waals surface area (Å²) in [5.74, 6) is -0.322. The molecule has 1 aliphatic heterocycles. The summed E-state index contributed by atoms with van der Waals surface area (Å²) in [7, 11) is 0. The van der Waals surface area contributed by atoms with E-state index in [1.165, 1.54) is 32.1 Å². The second kappa shape index (κ2) is 10.6. The summed E-state index contributed by atoms with van der Waals surface area (Å²) in [6, 6.07) is 0. The van der Waals surface area contributed by atoms with Crippen molar-refractivity contribution in [2.45, 2.75) is 71.6 Å². The zero-order valence-electron chi connectivity index (χ0n) is 13.7. The molecule has 0 N–H and O–H groups in total. The number of hydrogen-bond acceptors (Lipinski definition) is 3. The lowest BCUT2D eigenvalue weighted by Gasteiger charge is -2.16. The molecule has 1 rings (SSSR count). The number of nitrogens with zero attached hydrogens (tertiary/aromatic N) is 1. The number of carbonyl (C=O) groups is 2. The molecule has 1 aliphatic rings. The predicted octanol–water partition coefficient (Wildman–Crippen LogP) is 3.54. The molecule has 0 radical (unpaired) electrons. The van der Waals surface area contributed by atoms with Gasteiger partial charge in [-0.05, 0) is 12.8 Å². The first-order valence-electron chi connectivity index (χ1n) is 8.63. The average molecular weight is 297 g/mol. The highest BCUT2D eigenvalue weighted by Crippen LogP contribution is 2.20. The van der Waals surface area contributed by atoms with Crippen LogP contribution in [0.4, 0.5) is 0 Å². The zero-order chi connectivity index (χ0) is 15.5. The van der Waals surface area contributed by atoms with E-state index in [4.69, 9.17) is 4.74 Å². The molecule has 0 saturated carbocycles. The molecule has 21 heavy (non-hydrogen) atoms. The first-order valence-corrected chi connectivity index (χ1v) is 8.63. The molecule has 0 aromatic heterocycles. The van der Waals surface area contributed by atoms with Crippen LogP contribution in [0.25, 0.3) is 0 Å². The fraction of sp³-hybridized carbons (Fsp3) is 0.882. The highest BCUT2D eigenvalue weighted by molar-refractivity contribution is 5.86. The third kappa shape index (κ3) is 6.96. The molecule has 1 amide bonds. The van der Waals surface area contributed by atoms with E-state index in [0.29, 0.717) is 19.6 Å². The zero-order valence-corrected chi connectivity index (χ0v) is 13.7. The van der Waals surface area contributed by atoms with Gasteiger partial charge in [0.25, 0.3) is 0 Å². The molecule has 1 saturated heterocycles. The van der Waals surface area contributed by atoms with E-state index in [-0.39, 0.29) is 17.8 Å². The topological polar surface area (TPSA) is 46.6 Å². The molecule has 1 unspecified atom stereocenters. The van der Waals surface area contributed by atoms with Crippen LogP contribution in [-0.2, 0) is 14.3 Å². The van der Waals surface area contributed by atoms with Gasteiger partial charge >= 0.3 is 5.97 Å². The van der Waals surface area contributed by atoms with E-state index in [1.54, 1.807) is 0 Å². The van der Waals surface area contributed by atoms with E-state index in [1.807, 2.05) is 4.90 Å². The third-order valence-electron chi connectivity index (χ3n) is 4.07. The van der Waals surface area contributed by atoms with Crippen LogP contribution in [0.3, 0.4) is 0 Å². The molecule has 0 aliphatic carbocycles. The van der Waals surface area contributed by atoms with Crippen LogP contribution < -0.4 is 0 Å².